The van der Waals surface area contributed by atoms with Crippen LogP contribution in [0.3, 0.4) is 0 Å². The lowest BCUT2D eigenvalue weighted by atomic mass is 9.99. The van der Waals surface area contributed by atoms with Gasteiger partial charge in [-0.1, -0.05) is 12.1 Å². The summed E-state index contributed by atoms with van der Waals surface area (Å²) in [7, 11) is 0. The molecule has 1 amide bonds. The second-order valence-corrected chi connectivity index (χ2v) is 5.85. The van der Waals surface area contributed by atoms with Gasteiger partial charge in [0.1, 0.15) is 5.54 Å². The second-order valence-electron chi connectivity index (χ2n) is 5.85. The summed E-state index contributed by atoms with van der Waals surface area (Å²) < 4.78 is 0. The quantitative estimate of drug-likeness (QED) is 0.802. The van der Waals surface area contributed by atoms with Crippen molar-refractivity contribution in [1.29, 1.82) is 0 Å². The Morgan fingerprint density at radius 1 is 1.45 bits per heavy atom. The van der Waals surface area contributed by atoms with Crippen LogP contribution in [-0.4, -0.2) is 30.6 Å². The Labute approximate surface area is 122 Å². The predicted octanol–water partition coefficient (Wildman–Crippen LogP) is 2.06. The van der Waals surface area contributed by atoms with Crippen molar-refractivity contribution in [3.63, 3.8) is 0 Å². The Kier molecular flexibility index (Phi) is 5.57. The molecule has 112 valence electrons. The van der Waals surface area contributed by atoms with Crippen molar-refractivity contribution in [2.24, 2.45) is 5.73 Å². The molecule has 1 aromatic rings. The fourth-order valence-electron chi connectivity index (χ4n) is 2.42. The van der Waals surface area contributed by atoms with Gasteiger partial charge in [-0.15, -0.1) is 0 Å². The summed E-state index contributed by atoms with van der Waals surface area (Å²) in [6, 6.07) is 8.48. The smallest absolute Gasteiger partial charge is 0.239 e. The molecule has 4 nitrogen and oxygen atoms in total. The van der Waals surface area contributed by atoms with E-state index in [1.165, 1.54) is 5.56 Å². The molecule has 1 unspecified atom stereocenters. The zero-order valence-electron chi connectivity index (χ0n) is 13.2. The maximum absolute atomic E-state index is 11.8. The van der Waals surface area contributed by atoms with Gasteiger partial charge in [0.05, 0.1) is 0 Å². The van der Waals surface area contributed by atoms with E-state index in [1.807, 2.05) is 26.8 Å². The highest BCUT2D eigenvalue weighted by molar-refractivity contribution is 5.85. The first-order valence-electron chi connectivity index (χ1n) is 7.17. The summed E-state index contributed by atoms with van der Waals surface area (Å²) in [5.74, 6) is -0.322. The lowest BCUT2D eigenvalue weighted by Gasteiger charge is -2.36. The standard InChI is InChI=1S/C16H27N3O/c1-6-19(14-9-7-8-13(4)10-14)11-16(5,15(17)20)18-12(2)3/h7-10,12,18H,6,11H2,1-5H3,(H2,17,20). The first-order valence-corrected chi connectivity index (χ1v) is 7.17. The SMILES string of the molecule is CCN(CC(C)(NC(C)C)C(N)=O)c1cccc(C)c1. The van der Waals surface area contributed by atoms with E-state index in [4.69, 9.17) is 5.73 Å². The highest BCUT2D eigenvalue weighted by Gasteiger charge is 2.33. The van der Waals surface area contributed by atoms with Crippen LogP contribution in [0.25, 0.3) is 0 Å². The Bertz CT molecular complexity index is 459. The number of aryl methyl sites for hydroxylation is 1. The molecule has 0 heterocycles. The summed E-state index contributed by atoms with van der Waals surface area (Å²) in [5, 5.41) is 3.29. The van der Waals surface area contributed by atoms with E-state index < -0.39 is 5.54 Å². The van der Waals surface area contributed by atoms with Crippen molar-refractivity contribution < 1.29 is 4.79 Å². The van der Waals surface area contributed by atoms with E-state index in [0.717, 1.165) is 12.2 Å². The normalized spacial score (nSPS) is 14.1. The van der Waals surface area contributed by atoms with Gasteiger partial charge in [-0.05, 0) is 52.3 Å². The molecule has 4 heteroatoms. The van der Waals surface area contributed by atoms with Crippen molar-refractivity contribution >= 4 is 11.6 Å². The van der Waals surface area contributed by atoms with Gasteiger partial charge in [-0.3, -0.25) is 10.1 Å². The summed E-state index contributed by atoms with van der Waals surface area (Å²) in [6.45, 7) is 11.4. The monoisotopic (exact) mass is 277 g/mol. The lowest BCUT2D eigenvalue weighted by molar-refractivity contribution is -0.123. The number of hydrogen-bond donors (Lipinski definition) is 2. The van der Waals surface area contributed by atoms with Crippen LogP contribution in [0.5, 0.6) is 0 Å². The Hall–Kier alpha value is -1.55. The van der Waals surface area contributed by atoms with E-state index >= 15 is 0 Å². The molecule has 1 atom stereocenters. The molecule has 0 saturated carbocycles. The number of amides is 1. The third-order valence-corrected chi connectivity index (χ3v) is 3.41. The summed E-state index contributed by atoms with van der Waals surface area (Å²) in [4.78, 5) is 14.0. The van der Waals surface area contributed by atoms with Gasteiger partial charge in [0.2, 0.25) is 5.91 Å². The number of nitrogens with two attached hydrogens (primary N) is 1. The molecule has 0 saturated heterocycles. The Balaban J connectivity index is 2.97. The molecule has 1 aromatic carbocycles. The molecule has 0 aliphatic heterocycles. The number of likely N-dealkylation sites (N-methyl/N-ethyl adjacent to an activating group) is 1. The average molecular weight is 277 g/mol. The highest BCUT2D eigenvalue weighted by Crippen LogP contribution is 2.19. The largest absolute Gasteiger partial charge is 0.369 e. The van der Waals surface area contributed by atoms with Crippen LogP contribution in [0.2, 0.25) is 0 Å². The van der Waals surface area contributed by atoms with E-state index in [-0.39, 0.29) is 11.9 Å². The minimum Gasteiger partial charge on any atom is -0.369 e. The van der Waals surface area contributed by atoms with Crippen molar-refractivity contribution in [3.8, 4) is 0 Å². The molecule has 0 aliphatic carbocycles. The topological polar surface area (TPSA) is 58.4 Å². The molecule has 0 spiro atoms. The highest BCUT2D eigenvalue weighted by atomic mass is 16.1. The number of primary amides is 1. The zero-order valence-corrected chi connectivity index (χ0v) is 13.2. The Morgan fingerprint density at radius 3 is 2.55 bits per heavy atom. The van der Waals surface area contributed by atoms with Crippen LogP contribution in [0.4, 0.5) is 5.69 Å². The minimum absolute atomic E-state index is 0.198. The van der Waals surface area contributed by atoms with Crippen LogP contribution in [-0.2, 0) is 4.79 Å². The van der Waals surface area contributed by atoms with Gasteiger partial charge < -0.3 is 10.6 Å². The van der Waals surface area contributed by atoms with Gasteiger partial charge in [-0.2, -0.15) is 0 Å². The fourth-order valence-corrected chi connectivity index (χ4v) is 2.42. The van der Waals surface area contributed by atoms with Gasteiger partial charge in [0.15, 0.2) is 0 Å². The average Bonchev–Trinajstić information content (AvgIpc) is 2.35. The van der Waals surface area contributed by atoms with Gasteiger partial charge in [0.25, 0.3) is 0 Å². The number of nitrogens with zero attached hydrogens (tertiary/aromatic N) is 1. The number of carbonyl (C=O) groups is 1. The third kappa shape index (κ3) is 4.23. The molecule has 1 rings (SSSR count). The molecule has 0 bridgehead atoms. The molecule has 0 aromatic heterocycles. The lowest BCUT2D eigenvalue weighted by Crippen LogP contribution is -2.61. The molecule has 3 N–H and O–H groups in total. The van der Waals surface area contributed by atoms with E-state index in [9.17, 15) is 4.79 Å². The van der Waals surface area contributed by atoms with Crippen LogP contribution < -0.4 is 16.0 Å². The van der Waals surface area contributed by atoms with Crippen molar-refractivity contribution in [1.82, 2.24) is 5.32 Å². The van der Waals surface area contributed by atoms with Crippen LogP contribution >= 0.6 is 0 Å². The molecular weight excluding hydrogens is 250 g/mol. The van der Waals surface area contributed by atoms with E-state index in [1.54, 1.807) is 0 Å². The van der Waals surface area contributed by atoms with Gasteiger partial charge >= 0.3 is 0 Å². The van der Waals surface area contributed by atoms with Crippen LogP contribution in [0.15, 0.2) is 24.3 Å². The molecule has 0 aliphatic rings. The first-order chi connectivity index (χ1) is 9.28. The summed E-state index contributed by atoms with van der Waals surface area (Å²) in [6.07, 6.45) is 0. The predicted molar refractivity (Wildman–Crippen MR) is 84.9 cm³/mol. The van der Waals surface area contributed by atoms with Gasteiger partial charge in [0, 0.05) is 24.8 Å². The van der Waals surface area contributed by atoms with E-state index in [0.29, 0.717) is 6.54 Å². The third-order valence-electron chi connectivity index (χ3n) is 3.41. The maximum Gasteiger partial charge on any atom is 0.239 e. The van der Waals surface area contributed by atoms with E-state index in [2.05, 4.69) is 42.3 Å². The number of hydrogen-bond acceptors (Lipinski definition) is 3. The van der Waals surface area contributed by atoms with Gasteiger partial charge in [-0.25, -0.2) is 0 Å². The molecule has 20 heavy (non-hydrogen) atoms. The van der Waals surface area contributed by atoms with Crippen molar-refractivity contribution in [2.45, 2.75) is 46.2 Å². The molecular formula is C16H27N3O. The molecule has 0 radical (unpaired) electrons. The Morgan fingerprint density at radius 2 is 2.10 bits per heavy atom. The fraction of sp³-hybridized carbons (Fsp3) is 0.562. The maximum atomic E-state index is 11.8. The van der Waals surface area contributed by atoms with Crippen LogP contribution in [0, 0.1) is 6.92 Å². The minimum atomic E-state index is -0.742. The number of benzene rings is 1. The first kappa shape index (κ1) is 16.5. The number of nitrogens with one attached hydrogen (secondary N) is 1. The molecule has 0 fully saturated rings. The summed E-state index contributed by atoms with van der Waals surface area (Å²) >= 11 is 0. The number of rotatable bonds is 7. The van der Waals surface area contributed by atoms with Crippen LogP contribution in [0.1, 0.15) is 33.3 Å². The van der Waals surface area contributed by atoms with Crippen molar-refractivity contribution in [2.75, 3.05) is 18.0 Å². The second kappa shape index (κ2) is 6.75. The summed E-state index contributed by atoms with van der Waals surface area (Å²) in [5.41, 5.74) is 7.18. The number of carbonyl (C=O) groups excluding carboxylic acids is 1. The van der Waals surface area contributed by atoms with Crippen molar-refractivity contribution in [3.05, 3.63) is 29.8 Å². The zero-order chi connectivity index (χ0) is 15.3. The number of anilines is 1.